The number of nitrogens with one attached hydrogen (secondary N) is 1. The van der Waals surface area contributed by atoms with Gasteiger partial charge < -0.3 is 15.0 Å². The second-order valence-corrected chi connectivity index (χ2v) is 6.32. The van der Waals surface area contributed by atoms with Crippen molar-refractivity contribution < 1.29 is 18.7 Å². The first-order chi connectivity index (χ1) is 13.0. The maximum Gasteiger partial charge on any atom is 0.309 e. The SMILES string of the molecule is CCOC(=O)C1CCN(C(=O)/C(C#N)=C\NCCc2ccc(F)cc2)CC1. The standard InChI is InChI=1S/C20H24FN3O3/c1-2-27-20(26)16-8-11-24(12-9-16)19(25)17(13-22)14-23-10-7-15-3-5-18(21)6-4-15/h3-6,14,16,23H,2,7-12H2,1H3/b17-14-. The minimum Gasteiger partial charge on any atom is -0.466 e. The molecule has 1 aliphatic heterocycles. The molecule has 0 saturated carbocycles. The molecule has 0 atom stereocenters. The van der Waals surface area contributed by atoms with Gasteiger partial charge in [-0.1, -0.05) is 12.1 Å². The van der Waals surface area contributed by atoms with Crippen LogP contribution in [0.4, 0.5) is 4.39 Å². The largest absolute Gasteiger partial charge is 0.466 e. The number of benzene rings is 1. The van der Waals surface area contributed by atoms with Gasteiger partial charge in [-0.25, -0.2) is 4.39 Å². The first-order valence-corrected chi connectivity index (χ1v) is 9.09. The van der Waals surface area contributed by atoms with Crippen LogP contribution in [0.1, 0.15) is 25.3 Å². The second kappa shape index (κ2) is 10.3. The number of likely N-dealkylation sites (tertiary alicyclic amines) is 1. The number of rotatable bonds is 7. The summed E-state index contributed by atoms with van der Waals surface area (Å²) in [5.74, 6) is -1.02. The molecule has 1 heterocycles. The molecule has 144 valence electrons. The van der Waals surface area contributed by atoms with Crippen LogP contribution < -0.4 is 5.32 Å². The molecule has 0 radical (unpaired) electrons. The minimum atomic E-state index is -0.339. The zero-order valence-electron chi connectivity index (χ0n) is 15.4. The van der Waals surface area contributed by atoms with Gasteiger partial charge in [0.25, 0.3) is 5.91 Å². The number of halogens is 1. The predicted octanol–water partition coefficient (Wildman–Crippen LogP) is 2.17. The molecule has 0 bridgehead atoms. The molecule has 1 fully saturated rings. The second-order valence-electron chi connectivity index (χ2n) is 6.32. The van der Waals surface area contributed by atoms with E-state index in [4.69, 9.17) is 4.74 Å². The van der Waals surface area contributed by atoms with E-state index in [1.807, 2.05) is 6.07 Å². The summed E-state index contributed by atoms with van der Waals surface area (Å²) in [5.41, 5.74) is 0.992. The minimum absolute atomic E-state index is 0.0312. The third-order valence-electron chi connectivity index (χ3n) is 4.47. The van der Waals surface area contributed by atoms with Gasteiger partial charge in [-0.2, -0.15) is 5.26 Å². The Kier molecular flexibility index (Phi) is 7.80. The molecule has 27 heavy (non-hydrogen) atoms. The van der Waals surface area contributed by atoms with Crippen LogP contribution in [-0.4, -0.2) is 43.0 Å². The number of nitriles is 1. The summed E-state index contributed by atoms with van der Waals surface area (Å²) >= 11 is 0. The predicted molar refractivity (Wildman–Crippen MR) is 97.7 cm³/mol. The van der Waals surface area contributed by atoms with E-state index in [2.05, 4.69) is 5.32 Å². The van der Waals surface area contributed by atoms with E-state index in [9.17, 15) is 19.2 Å². The zero-order valence-corrected chi connectivity index (χ0v) is 15.4. The molecule has 0 aliphatic carbocycles. The number of ether oxygens (including phenoxy) is 1. The Morgan fingerprint density at radius 3 is 2.59 bits per heavy atom. The van der Waals surface area contributed by atoms with Crippen molar-refractivity contribution in [3.8, 4) is 6.07 Å². The van der Waals surface area contributed by atoms with Crippen molar-refractivity contribution in [1.29, 1.82) is 5.26 Å². The molecule has 0 aromatic heterocycles. The zero-order chi connectivity index (χ0) is 19.6. The third kappa shape index (κ3) is 6.10. The molecular formula is C20H24FN3O3. The van der Waals surface area contributed by atoms with E-state index >= 15 is 0 Å². The molecule has 0 spiro atoms. The van der Waals surface area contributed by atoms with Crippen molar-refractivity contribution in [3.63, 3.8) is 0 Å². The molecule has 1 saturated heterocycles. The van der Waals surface area contributed by atoms with Crippen LogP contribution in [0.3, 0.4) is 0 Å². The van der Waals surface area contributed by atoms with Gasteiger partial charge in [0.15, 0.2) is 0 Å². The Labute approximate surface area is 158 Å². The molecule has 6 nitrogen and oxygen atoms in total. The average molecular weight is 373 g/mol. The van der Waals surface area contributed by atoms with Crippen LogP contribution >= 0.6 is 0 Å². The Morgan fingerprint density at radius 2 is 2.00 bits per heavy atom. The number of hydrogen-bond donors (Lipinski definition) is 1. The maximum absolute atomic E-state index is 12.9. The van der Waals surface area contributed by atoms with Crippen LogP contribution in [0.5, 0.6) is 0 Å². The number of nitrogens with zero attached hydrogens (tertiary/aromatic N) is 2. The normalized spacial score (nSPS) is 15.1. The lowest BCUT2D eigenvalue weighted by Crippen LogP contribution is -2.41. The molecular weight excluding hydrogens is 349 g/mol. The van der Waals surface area contributed by atoms with Crippen LogP contribution in [0.25, 0.3) is 0 Å². The van der Waals surface area contributed by atoms with Gasteiger partial charge in [0.05, 0.1) is 12.5 Å². The Bertz CT molecular complexity index is 717. The van der Waals surface area contributed by atoms with Crippen molar-refractivity contribution >= 4 is 11.9 Å². The fraction of sp³-hybridized carbons (Fsp3) is 0.450. The van der Waals surface area contributed by atoms with E-state index in [0.29, 0.717) is 45.5 Å². The summed E-state index contributed by atoms with van der Waals surface area (Å²) < 4.78 is 17.9. The van der Waals surface area contributed by atoms with Gasteiger partial charge in [-0.15, -0.1) is 0 Å². The quantitative estimate of drug-likeness (QED) is 0.343. The van der Waals surface area contributed by atoms with Crippen molar-refractivity contribution in [2.24, 2.45) is 5.92 Å². The highest BCUT2D eigenvalue weighted by Crippen LogP contribution is 2.20. The highest BCUT2D eigenvalue weighted by molar-refractivity contribution is 5.97. The Morgan fingerprint density at radius 1 is 1.33 bits per heavy atom. The highest BCUT2D eigenvalue weighted by Gasteiger charge is 2.29. The number of amides is 1. The van der Waals surface area contributed by atoms with E-state index in [-0.39, 0.29) is 29.2 Å². The molecule has 7 heteroatoms. The first kappa shape index (κ1) is 20.4. The van der Waals surface area contributed by atoms with Crippen molar-refractivity contribution in [1.82, 2.24) is 10.2 Å². The Balaban J connectivity index is 1.81. The van der Waals surface area contributed by atoms with Gasteiger partial charge in [0.2, 0.25) is 0 Å². The summed E-state index contributed by atoms with van der Waals surface area (Å²) in [6.45, 7) is 3.50. The topological polar surface area (TPSA) is 82.4 Å². The van der Waals surface area contributed by atoms with Gasteiger partial charge in [0, 0.05) is 25.8 Å². The summed E-state index contributed by atoms with van der Waals surface area (Å²) in [6.07, 6.45) is 3.15. The number of carbonyl (C=O) groups excluding carboxylic acids is 2. The van der Waals surface area contributed by atoms with Crippen LogP contribution in [-0.2, 0) is 20.7 Å². The molecule has 1 aromatic rings. The lowest BCUT2D eigenvalue weighted by molar-refractivity contribution is -0.150. The monoisotopic (exact) mass is 373 g/mol. The van der Waals surface area contributed by atoms with E-state index in [1.165, 1.54) is 18.3 Å². The number of hydrogen-bond acceptors (Lipinski definition) is 5. The first-order valence-electron chi connectivity index (χ1n) is 9.09. The van der Waals surface area contributed by atoms with E-state index in [1.54, 1.807) is 24.0 Å². The van der Waals surface area contributed by atoms with Crippen molar-refractivity contribution in [2.45, 2.75) is 26.2 Å². The number of esters is 1. The lowest BCUT2D eigenvalue weighted by atomic mass is 9.96. The van der Waals surface area contributed by atoms with Gasteiger partial charge in [0.1, 0.15) is 17.5 Å². The fourth-order valence-corrected chi connectivity index (χ4v) is 2.93. The Hall–Kier alpha value is -2.88. The summed E-state index contributed by atoms with van der Waals surface area (Å²) in [7, 11) is 0. The van der Waals surface area contributed by atoms with Crippen molar-refractivity contribution in [3.05, 3.63) is 47.4 Å². The third-order valence-corrected chi connectivity index (χ3v) is 4.47. The number of carbonyl (C=O) groups is 2. The van der Waals surface area contributed by atoms with Gasteiger partial charge in [-0.3, -0.25) is 9.59 Å². The van der Waals surface area contributed by atoms with Crippen LogP contribution in [0.2, 0.25) is 0 Å². The molecule has 1 aliphatic rings. The molecule has 0 unspecified atom stereocenters. The number of piperidine rings is 1. The van der Waals surface area contributed by atoms with Crippen molar-refractivity contribution in [2.75, 3.05) is 26.2 Å². The van der Waals surface area contributed by atoms with E-state index < -0.39 is 0 Å². The molecule has 1 aromatic carbocycles. The van der Waals surface area contributed by atoms with Crippen LogP contribution in [0.15, 0.2) is 36.0 Å². The highest BCUT2D eigenvalue weighted by atomic mass is 19.1. The van der Waals surface area contributed by atoms with Gasteiger partial charge >= 0.3 is 5.97 Å². The molecule has 1 amide bonds. The summed E-state index contributed by atoms with van der Waals surface area (Å²) in [6, 6.07) is 8.12. The van der Waals surface area contributed by atoms with E-state index in [0.717, 1.165) is 5.56 Å². The van der Waals surface area contributed by atoms with Crippen LogP contribution in [0, 0.1) is 23.1 Å². The lowest BCUT2D eigenvalue weighted by Gasteiger charge is -2.30. The molecule has 1 N–H and O–H groups in total. The average Bonchev–Trinajstić information content (AvgIpc) is 2.69. The smallest absolute Gasteiger partial charge is 0.309 e. The van der Waals surface area contributed by atoms with Gasteiger partial charge in [-0.05, 0) is 43.9 Å². The fourth-order valence-electron chi connectivity index (χ4n) is 2.93. The summed E-state index contributed by atoms with van der Waals surface area (Å²) in [4.78, 5) is 25.8. The summed E-state index contributed by atoms with van der Waals surface area (Å²) in [5, 5.41) is 12.2. The maximum atomic E-state index is 12.9. The molecule has 2 rings (SSSR count).